The van der Waals surface area contributed by atoms with Gasteiger partial charge in [0.05, 0.1) is 12.3 Å². The minimum Gasteiger partial charge on any atom is -0.378 e. The number of nitrogens with one attached hydrogen (secondary N) is 2. The predicted molar refractivity (Wildman–Crippen MR) is 70.2 cm³/mol. The summed E-state index contributed by atoms with van der Waals surface area (Å²) < 4.78 is 17.8. The number of hydrazine groups is 1. The number of methoxy groups -OCH3 is 1. The molecule has 0 atom stereocenters. The molecule has 6 nitrogen and oxygen atoms in total. The Labute approximate surface area is 109 Å². The van der Waals surface area contributed by atoms with Gasteiger partial charge in [0.1, 0.15) is 11.6 Å². The fourth-order valence-electron chi connectivity index (χ4n) is 1.51. The highest BCUT2D eigenvalue weighted by atomic mass is 19.1. The molecule has 0 radical (unpaired) electrons. The number of benzene rings is 1. The molecular formula is C12H14FN5O. The number of nitrogen functional groups attached to an aromatic ring is 1. The molecule has 100 valence electrons. The second kappa shape index (κ2) is 6.07. The summed E-state index contributed by atoms with van der Waals surface area (Å²) in [5.41, 5.74) is 3.81. The van der Waals surface area contributed by atoms with E-state index < -0.39 is 0 Å². The largest absolute Gasteiger partial charge is 0.378 e. The van der Waals surface area contributed by atoms with E-state index in [4.69, 9.17) is 10.6 Å². The van der Waals surface area contributed by atoms with Gasteiger partial charge in [-0.3, -0.25) is 0 Å². The van der Waals surface area contributed by atoms with Crippen molar-refractivity contribution in [3.05, 3.63) is 41.8 Å². The normalized spacial score (nSPS) is 10.3. The van der Waals surface area contributed by atoms with E-state index in [0.29, 0.717) is 29.8 Å². The van der Waals surface area contributed by atoms with Gasteiger partial charge in [0.25, 0.3) is 0 Å². The molecule has 0 amide bonds. The third kappa shape index (κ3) is 3.60. The lowest BCUT2D eigenvalue weighted by molar-refractivity contribution is 0.181. The first-order valence-corrected chi connectivity index (χ1v) is 5.57. The van der Waals surface area contributed by atoms with Crippen LogP contribution in [0.3, 0.4) is 0 Å². The molecule has 1 heterocycles. The maximum atomic E-state index is 12.8. The zero-order valence-electron chi connectivity index (χ0n) is 10.4. The van der Waals surface area contributed by atoms with Gasteiger partial charge in [-0.15, -0.1) is 0 Å². The minimum atomic E-state index is -0.302. The van der Waals surface area contributed by atoms with E-state index in [-0.39, 0.29) is 5.82 Å². The Morgan fingerprint density at radius 2 is 2.00 bits per heavy atom. The molecule has 0 fully saturated rings. The number of nitrogens with two attached hydrogens (primary N) is 1. The highest BCUT2D eigenvalue weighted by molar-refractivity contribution is 5.54. The quantitative estimate of drug-likeness (QED) is 0.563. The van der Waals surface area contributed by atoms with Crippen molar-refractivity contribution in [2.45, 2.75) is 6.61 Å². The monoisotopic (exact) mass is 263 g/mol. The number of aromatic nitrogens is 2. The van der Waals surface area contributed by atoms with Crippen LogP contribution in [-0.4, -0.2) is 17.1 Å². The Morgan fingerprint density at radius 1 is 1.26 bits per heavy atom. The third-order valence-electron chi connectivity index (χ3n) is 2.32. The van der Waals surface area contributed by atoms with Crippen LogP contribution in [0, 0.1) is 5.82 Å². The number of ether oxygens (including phenoxy) is 1. The summed E-state index contributed by atoms with van der Waals surface area (Å²) in [6.45, 7) is 0.343. The summed E-state index contributed by atoms with van der Waals surface area (Å²) in [5, 5.41) is 2.96. The molecule has 0 saturated carbocycles. The summed E-state index contributed by atoms with van der Waals surface area (Å²) in [6, 6.07) is 7.57. The van der Waals surface area contributed by atoms with Crippen molar-refractivity contribution in [3.63, 3.8) is 0 Å². The number of nitrogens with zero attached hydrogens (tertiary/aromatic N) is 2. The molecule has 0 aliphatic rings. The third-order valence-corrected chi connectivity index (χ3v) is 2.32. The van der Waals surface area contributed by atoms with Crippen LogP contribution < -0.4 is 16.6 Å². The number of halogens is 1. The van der Waals surface area contributed by atoms with Crippen LogP contribution in [0.15, 0.2) is 30.3 Å². The molecular weight excluding hydrogens is 249 g/mol. The van der Waals surface area contributed by atoms with Crippen LogP contribution >= 0.6 is 0 Å². The van der Waals surface area contributed by atoms with E-state index >= 15 is 0 Å². The molecule has 2 aromatic rings. The Bertz CT molecular complexity index is 546. The van der Waals surface area contributed by atoms with E-state index in [9.17, 15) is 4.39 Å². The summed E-state index contributed by atoms with van der Waals surface area (Å²) in [5.74, 6) is 5.86. The molecule has 1 aromatic carbocycles. The lowest BCUT2D eigenvalue weighted by atomic mass is 10.3. The maximum Gasteiger partial charge on any atom is 0.229 e. The summed E-state index contributed by atoms with van der Waals surface area (Å²) >= 11 is 0. The summed E-state index contributed by atoms with van der Waals surface area (Å²) in [7, 11) is 1.57. The van der Waals surface area contributed by atoms with Crippen molar-refractivity contribution in [1.29, 1.82) is 0 Å². The van der Waals surface area contributed by atoms with Crippen molar-refractivity contribution in [2.75, 3.05) is 17.9 Å². The molecule has 0 unspecified atom stereocenters. The second-order valence-corrected chi connectivity index (χ2v) is 3.78. The number of rotatable bonds is 5. The van der Waals surface area contributed by atoms with Crippen molar-refractivity contribution in [1.82, 2.24) is 9.97 Å². The molecule has 19 heavy (non-hydrogen) atoms. The van der Waals surface area contributed by atoms with E-state index in [1.54, 1.807) is 25.3 Å². The van der Waals surface area contributed by atoms with Gasteiger partial charge in [-0.2, -0.15) is 4.98 Å². The van der Waals surface area contributed by atoms with Gasteiger partial charge in [-0.25, -0.2) is 15.2 Å². The fraction of sp³-hybridized carbons (Fsp3) is 0.167. The average molecular weight is 263 g/mol. The van der Waals surface area contributed by atoms with Gasteiger partial charge in [-0.1, -0.05) is 0 Å². The smallest absolute Gasteiger partial charge is 0.229 e. The molecule has 0 aliphatic carbocycles. The van der Waals surface area contributed by atoms with Crippen molar-refractivity contribution in [3.8, 4) is 0 Å². The first kappa shape index (κ1) is 13.2. The molecule has 1 aromatic heterocycles. The Kier molecular flexibility index (Phi) is 4.22. The van der Waals surface area contributed by atoms with Crippen molar-refractivity contribution in [2.24, 2.45) is 5.84 Å². The van der Waals surface area contributed by atoms with Gasteiger partial charge >= 0.3 is 0 Å². The second-order valence-electron chi connectivity index (χ2n) is 3.78. The van der Waals surface area contributed by atoms with Gasteiger partial charge < -0.3 is 15.5 Å². The lowest BCUT2D eigenvalue weighted by Crippen LogP contribution is -2.11. The van der Waals surface area contributed by atoms with Crippen LogP contribution in [0.25, 0.3) is 0 Å². The van der Waals surface area contributed by atoms with Gasteiger partial charge in [0.2, 0.25) is 5.95 Å². The van der Waals surface area contributed by atoms with Crippen LogP contribution in [-0.2, 0) is 11.3 Å². The van der Waals surface area contributed by atoms with Crippen molar-refractivity contribution < 1.29 is 9.13 Å². The number of hydrogen-bond donors (Lipinski definition) is 3. The molecule has 0 spiro atoms. The number of anilines is 3. The molecule has 7 heteroatoms. The Balaban J connectivity index is 2.23. The van der Waals surface area contributed by atoms with E-state index in [1.807, 2.05) is 0 Å². The lowest BCUT2D eigenvalue weighted by Gasteiger charge is -2.09. The average Bonchev–Trinajstić information content (AvgIpc) is 2.41. The van der Waals surface area contributed by atoms with E-state index in [0.717, 1.165) is 0 Å². The maximum absolute atomic E-state index is 12.8. The first-order valence-electron chi connectivity index (χ1n) is 5.57. The molecule has 2 rings (SSSR count). The van der Waals surface area contributed by atoms with Gasteiger partial charge in [0.15, 0.2) is 0 Å². The zero-order chi connectivity index (χ0) is 13.7. The molecule has 0 saturated heterocycles. The highest BCUT2D eigenvalue weighted by Gasteiger charge is 2.04. The van der Waals surface area contributed by atoms with Crippen LogP contribution in [0.1, 0.15) is 5.69 Å². The van der Waals surface area contributed by atoms with Crippen LogP contribution in [0.5, 0.6) is 0 Å². The molecule has 4 N–H and O–H groups in total. The SMILES string of the molecule is COCc1cc(NN)nc(Nc2ccc(F)cc2)n1. The number of hydrogen-bond acceptors (Lipinski definition) is 6. The minimum absolute atomic E-state index is 0.302. The van der Waals surface area contributed by atoms with Crippen molar-refractivity contribution >= 4 is 17.5 Å². The van der Waals surface area contributed by atoms with E-state index in [1.165, 1.54) is 12.1 Å². The topological polar surface area (TPSA) is 85.1 Å². The Hall–Kier alpha value is -2.25. The highest BCUT2D eigenvalue weighted by Crippen LogP contribution is 2.16. The Morgan fingerprint density at radius 3 is 2.63 bits per heavy atom. The summed E-state index contributed by atoms with van der Waals surface area (Å²) in [6.07, 6.45) is 0. The van der Waals surface area contributed by atoms with Crippen LogP contribution in [0.2, 0.25) is 0 Å². The predicted octanol–water partition coefficient (Wildman–Crippen LogP) is 1.79. The first-order chi connectivity index (χ1) is 9.21. The molecule has 0 bridgehead atoms. The molecule has 0 aliphatic heterocycles. The standard InChI is InChI=1S/C12H14FN5O/c1-19-7-10-6-11(18-14)17-12(16-10)15-9-4-2-8(13)3-5-9/h2-6H,7,14H2,1H3,(H2,15,16,17,18). The fourth-order valence-corrected chi connectivity index (χ4v) is 1.51. The van der Waals surface area contributed by atoms with E-state index in [2.05, 4.69) is 20.7 Å². The van der Waals surface area contributed by atoms with Gasteiger partial charge in [-0.05, 0) is 24.3 Å². The zero-order valence-corrected chi connectivity index (χ0v) is 10.4. The van der Waals surface area contributed by atoms with Gasteiger partial charge in [0, 0.05) is 18.9 Å². The summed E-state index contributed by atoms with van der Waals surface area (Å²) in [4.78, 5) is 8.40. The van der Waals surface area contributed by atoms with Crippen LogP contribution in [0.4, 0.5) is 21.8 Å².